The van der Waals surface area contributed by atoms with E-state index >= 15 is 0 Å². The summed E-state index contributed by atoms with van der Waals surface area (Å²) in [6.07, 6.45) is 4.46. The summed E-state index contributed by atoms with van der Waals surface area (Å²) in [7, 11) is 1.63. The normalized spacial score (nSPS) is 15.0. The largest absolute Gasteiger partial charge is 0.497 e. The quantitative estimate of drug-likeness (QED) is 0.500. The van der Waals surface area contributed by atoms with E-state index in [2.05, 4.69) is 9.97 Å². The zero-order valence-electron chi connectivity index (χ0n) is 16.9. The van der Waals surface area contributed by atoms with Gasteiger partial charge in [0.1, 0.15) is 29.5 Å². The third-order valence-electron chi connectivity index (χ3n) is 5.01. The number of rotatable bonds is 4. The third-order valence-corrected chi connectivity index (χ3v) is 5.01. The van der Waals surface area contributed by atoms with E-state index in [4.69, 9.17) is 18.9 Å². The molecular weight excluding hydrogens is 398 g/mol. The highest BCUT2D eigenvalue weighted by Gasteiger charge is 2.24. The summed E-state index contributed by atoms with van der Waals surface area (Å²) >= 11 is 0. The molecule has 0 saturated heterocycles. The molecule has 0 amide bonds. The third kappa shape index (κ3) is 3.63. The summed E-state index contributed by atoms with van der Waals surface area (Å²) in [5, 5.41) is 0. The van der Waals surface area contributed by atoms with Crippen LogP contribution in [-0.4, -0.2) is 28.1 Å². The minimum absolute atomic E-state index is 0.139. The molecule has 0 saturated carbocycles. The smallest absolute Gasteiger partial charge is 0.260 e. The molecule has 0 aliphatic carbocycles. The van der Waals surface area contributed by atoms with E-state index < -0.39 is 0 Å². The number of hydrogen-bond acceptors (Lipinski definition) is 7. The number of benzene rings is 1. The number of pyridine rings is 2. The maximum atomic E-state index is 12.3. The van der Waals surface area contributed by atoms with Gasteiger partial charge < -0.3 is 18.9 Å². The maximum absolute atomic E-state index is 12.3. The van der Waals surface area contributed by atoms with Crippen molar-refractivity contribution in [2.24, 2.45) is 0 Å². The van der Waals surface area contributed by atoms with E-state index in [0.717, 1.165) is 11.3 Å². The number of ether oxygens (including phenoxy) is 4. The van der Waals surface area contributed by atoms with Crippen LogP contribution >= 0.6 is 0 Å². The average Bonchev–Trinajstić information content (AvgIpc) is 2.81. The standard InChI is InChI=1S/C23H19N3O5/c1-14-10-24-21-8-7-17(12-26(21)23(14)27)30-18-9-19-22(25-11-18)31-20(13-29-19)15-3-5-16(28-2)6-4-15/h3-12,20H,13H2,1-2H3/t20-/m1/s1. The lowest BCUT2D eigenvalue weighted by Crippen LogP contribution is -2.22. The second kappa shape index (κ2) is 7.64. The van der Waals surface area contributed by atoms with Crippen LogP contribution in [0.15, 0.2) is 65.8 Å². The number of fused-ring (bicyclic) bond motifs is 2. The highest BCUT2D eigenvalue weighted by molar-refractivity contribution is 5.45. The molecule has 0 bridgehead atoms. The van der Waals surface area contributed by atoms with Crippen molar-refractivity contribution in [3.63, 3.8) is 0 Å². The first kappa shape index (κ1) is 18.9. The number of aromatic nitrogens is 3. The molecule has 1 aliphatic heterocycles. The second-order valence-electron chi connectivity index (χ2n) is 7.11. The molecule has 4 heterocycles. The van der Waals surface area contributed by atoms with Gasteiger partial charge >= 0.3 is 0 Å². The minimum atomic E-state index is -0.263. The van der Waals surface area contributed by atoms with Crippen LogP contribution in [0.4, 0.5) is 0 Å². The fraction of sp³-hybridized carbons (Fsp3) is 0.174. The first-order valence-corrected chi connectivity index (χ1v) is 9.70. The van der Waals surface area contributed by atoms with Gasteiger partial charge in [-0.2, -0.15) is 0 Å². The van der Waals surface area contributed by atoms with Gasteiger partial charge in [-0.25, -0.2) is 9.97 Å². The van der Waals surface area contributed by atoms with Crippen molar-refractivity contribution >= 4 is 5.65 Å². The van der Waals surface area contributed by atoms with Crippen LogP contribution in [0.1, 0.15) is 17.2 Å². The Morgan fingerprint density at radius 2 is 1.84 bits per heavy atom. The molecule has 1 atom stereocenters. The molecule has 0 N–H and O–H groups in total. The van der Waals surface area contributed by atoms with Crippen LogP contribution in [0.3, 0.4) is 0 Å². The molecule has 1 aromatic carbocycles. The summed E-state index contributed by atoms with van der Waals surface area (Å²) < 4.78 is 24.4. The van der Waals surface area contributed by atoms with Crippen LogP contribution in [0.5, 0.6) is 28.9 Å². The predicted molar refractivity (Wildman–Crippen MR) is 112 cm³/mol. The van der Waals surface area contributed by atoms with Crippen molar-refractivity contribution in [2.75, 3.05) is 13.7 Å². The van der Waals surface area contributed by atoms with Crippen LogP contribution < -0.4 is 24.5 Å². The number of methoxy groups -OCH3 is 1. The molecule has 4 aromatic rings. The van der Waals surface area contributed by atoms with Crippen molar-refractivity contribution < 1.29 is 18.9 Å². The van der Waals surface area contributed by atoms with E-state index in [-0.39, 0.29) is 11.7 Å². The van der Waals surface area contributed by atoms with Gasteiger partial charge in [0.15, 0.2) is 11.9 Å². The van der Waals surface area contributed by atoms with Crippen LogP contribution in [0.25, 0.3) is 5.65 Å². The average molecular weight is 417 g/mol. The summed E-state index contributed by atoms with van der Waals surface area (Å²) in [4.78, 5) is 20.9. The summed E-state index contributed by atoms with van der Waals surface area (Å²) in [6, 6.07) is 12.8. The zero-order valence-corrected chi connectivity index (χ0v) is 16.9. The molecule has 5 rings (SSSR count). The Labute approximate surface area is 177 Å². The molecule has 3 aromatic heterocycles. The van der Waals surface area contributed by atoms with Gasteiger partial charge in [-0.15, -0.1) is 0 Å². The van der Waals surface area contributed by atoms with E-state index in [1.807, 2.05) is 24.3 Å². The Kier molecular flexibility index (Phi) is 4.66. The number of hydrogen-bond donors (Lipinski definition) is 0. The molecule has 156 valence electrons. The Bertz CT molecular complexity index is 1320. The van der Waals surface area contributed by atoms with E-state index in [9.17, 15) is 4.79 Å². The Morgan fingerprint density at radius 1 is 1.03 bits per heavy atom. The van der Waals surface area contributed by atoms with Crippen LogP contribution in [0.2, 0.25) is 0 Å². The van der Waals surface area contributed by atoms with E-state index in [1.165, 1.54) is 4.40 Å². The van der Waals surface area contributed by atoms with Crippen LogP contribution in [-0.2, 0) is 0 Å². The van der Waals surface area contributed by atoms with Crippen molar-refractivity contribution in [3.8, 4) is 28.9 Å². The summed E-state index contributed by atoms with van der Waals surface area (Å²) in [5.41, 5.74) is 1.94. The molecular formula is C23H19N3O5. The van der Waals surface area contributed by atoms with Crippen molar-refractivity contribution in [1.29, 1.82) is 0 Å². The first-order valence-electron chi connectivity index (χ1n) is 9.70. The molecule has 0 spiro atoms. The van der Waals surface area contributed by atoms with Gasteiger partial charge in [0.05, 0.1) is 19.5 Å². The second-order valence-corrected chi connectivity index (χ2v) is 7.11. The lowest BCUT2D eigenvalue weighted by Gasteiger charge is -2.26. The van der Waals surface area contributed by atoms with E-state index in [0.29, 0.717) is 40.9 Å². The predicted octanol–water partition coefficient (Wildman–Crippen LogP) is 3.71. The molecule has 0 radical (unpaired) electrons. The fourth-order valence-corrected chi connectivity index (χ4v) is 3.32. The summed E-state index contributed by atoms with van der Waals surface area (Å²) in [5.74, 6) is 2.63. The molecule has 1 aliphatic rings. The SMILES string of the molecule is COc1ccc([C@H]2COc3cc(Oc4ccc5ncc(C)c(=O)n5c4)cnc3O2)cc1. The number of aryl methyl sites for hydroxylation is 1. The molecule has 8 heteroatoms. The number of nitrogens with zero attached hydrogens (tertiary/aromatic N) is 3. The van der Waals surface area contributed by atoms with Gasteiger partial charge in [-0.3, -0.25) is 9.20 Å². The van der Waals surface area contributed by atoms with Gasteiger partial charge in [0.2, 0.25) is 0 Å². The fourth-order valence-electron chi connectivity index (χ4n) is 3.32. The van der Waals surface area contributed by atoms with E-state index in [1.54, 1.807) is 50.8 Å². The van der Waals surface area contributed by atoms with Gasteiger partial charge in [0, 0.05) is 17.8 Å². The summed E-state index contributed by atoms with van der Waals surface area (Å²) in [6.45, 7) is 2.07. The highest BCUT2D eigenvalue weighted by Crippen LogP contribution is 2.37. The van der Waals surface area contributed by atoms with Crippen molar-refractivity contribution in [2.45, 2.75) is 13.0 Å². The minimum Gasteiger partial charge on any atom is -0.497 e. The van der Waals surface area contributed by atoms with Crippen molar-refractivity contribution in [1.82, 2.24) is 14.4 Å². The zero-order chi connectivity index (χ0) is 21.4. The molecule has 31 heavy (non-hydrogen) atoms. The monoisotopic (exact) mass is 417 g/mol. The molecule has 8 nitrogen and oxygen atoms in total. The Morgan fingerprint density at radius 3 is 2.65 bits per heavy atom. The topological polar surface area (TPSA) is 84.2 Å². The maximum Gasteiger partial charge on any atom is 0.260 e. The van der Waals surface area contributed by atoms with Gasteiger partial charge in [-0.1, -0.05) is 12.1 Å². The lowest BCUT2D eigenvalue weighted by molar-refractivity contribution is 0.0846. The lowest BCUT2D eigenvalue weighted by atomic mass is 10.1. The van der Waals surface area contributed by atoms with Crippen molar-refractivity contribution in [3.05, 3.63) is 82.5 Å². The molecule has 0 fully saturated rings. The first-order chi connectivity index (χ1) is 15.1. The van der Waals surface area contributed by atoms with Gasteiger partial charge in [0.25, 0.3) is 11.4 Å². The molecule has 0 unspecified atom stereocenters. The van der Waals surface area contributed by atoms with Crippen LogP contribution in [0, 0.1) is 6.92 Å². The van der Waals surface area contributed by atoms with Gasteiger partial charge in [-0.05, 0) is 36.8 Å². The highest BCUT2D eigenvalue weighted by atomic mass is 16.6. The Hall–Kier alpha value is -4.07. The Balaban J connectivity index is 1.36.